The normalized spacial score (nSPS) is 26.2. The van der Waals surface area contributed by atoms with Crippen LogP contribution in [0.4, 0.5) is 15.8 Å². The second kappa shape index (κ2) is 21.7. The number of halogens is 2. The molecule has 5 heterocycles. The van der Waals surface area contributed by atoms with Crippen molar-refractivity contribution in [2.24, 2.45) is 23.7 Å². The van der Waals surface area contributed by atoms with Crippen LogP contribution in [0, 0.1) is 36.4 Å². The average Bonchev–Trinajstić information content (AvgIpc) is 4.19. The van der Waals surface area contributed by atoms with Gasteiger partial charge in [-0.1, -0.05) is 57.5 Å². The fraction of sp³-hybridized carbons (Fsp3) is 0.436. The number of amides is 1. The molecule has 1 aliphatic carbocycles. The molecular weight excluding hydrogens is 1030 g/mol. The highest BCUT2D eigenvalue weighted by Gasteiger charge is 2.50. The smallest absolute Gasteiger partial charge is 0.341 e. The zero-order valence-corrected chi connectivity index (χ0v) is 44.6. The number of aromatic hydroxyl groups is 3. The first kappa shape index (κ1) is 56.0. The second-order valence-corrected chi connectivity index (χ2v) is 20.9. The maximum atomic E-state index is 16.0. The molecule has 5 aliphatic rings. The Kier molecular flexibility index (Phi) is 15.8. The van der Waals surface area contributed by atoms with Crippen LogP contribution in [0.3, 0.4) is 0 Å². The lowest BCUT2D eigenvalue weighted by atomic mass is 9.78. The van der Waals surface area contributed by atoms with Gasteiger partial charge in [0, 0.05) is 110 Å². The van der Waals surface area contributed by atoms with Gasteiger partial charge in [-0.25, -0.2) is 14.6 Å². The quantitative estimate of drug-likeness (QED) is 0.0345. The van der Waals surface area contributed by atoms with E-state index in [1.807, 2.05) is 0 Å². The Morgan fingerprint density at radius 1 is 0.987 bits per heavy atom. The van der Waals surface area contributed by atoms with E-state index in [4.69, 9.17) is 30.5 Å². The van der Waals surface area contributed by atoms with Crippen LogP contribution >= 0.6 is 11.6 Å². The number of phenols is 3. The number of hydrazine groups is 1. The number of phenolic OH excluding ortho intramolecular Hbond substituents is 3. The van der Waals surface area contributed by atoms with Crippen molar-refractivity contribution in [3.05, 3.63) is 104 Å². The number of aliphatic hydroxyl groups is 2. The third-order valence-electron chi connectivity index (χ3n) is 15.2. The molecule has 0 saturated heterocycles. The lowest BCUT2D eigenvalue weighted by Crippen LogP contribution is -2.46. The van der Waals surface area contributed by atoms with Gasteiger partial charge in [0.25, 0.3) is 11.7 Å². The van der Waals surface area contributed by atoms with Gasteiger partial charge >= 0.3 is 17.7 Å². The van der Waals surface area contributed by atoms with E-state index in [0.717, 1.165) is 12.3 Å². The summed E-state index contributed by atoms with van der Waals surface area (Å²) in [6.07, 6.45) is 7.59. The Labute approximate surface area is 447 Å². The molecule has 9 N–H and O–H groups in total. The molecule has 4 aromatic rings. The molecule has 20 nitrogen and oxygen atoms in total. The number of nitrogens with zero attached hydrogens (tertiary/aromatic N) is 2. The van der Waals surface area contributed by atoms with Crippen LogP contribution in [-0.2, 0) is 30.3 Å². The number of benzene rings is 3. The van der Waals surface area contributed by atoms with Crippen molar-refractivity contribution >= 4 is 68.3 Å². The first-order valence-electron chi connectivity index (χ1n) is 25.2. The maximum absolute atomic E-state index is 16.0. The Bertz CT molecular complexity index is 3300. The number of carbonyl (C=O) groups excluding carboxylic acids is 3. The van der Waals surface area contributed by atoms with E-state index in [-0.39, 0.29) is 79.7 Å². The molecule has 5 bridgehead atoms. The molecule has 77 heavy (non-hydrogen) atoms. The van der Waals surface area contributed by atoms with E-state index in [9.17, 15) is 54.6 Å². The molecule has 1 aromatic heterocycles. The third-order valence-corrected chi connectivity index (χ3v) is 15.5. The number of aromatic nitrogens is 1. The van der Waals surface area contributed by atoms with Gasteiger partial charge in [-0.3, -0.25) is 19.2 Å². The number of carbonyl (C=O) groups is 4. The fourth-order valence-electron chi connectivity index (χ4n) is 10.5. The summed E-state index contributed by atoms with van der Waals surface area (Å²) in [5.41, 5.74) is 4.49. The molecule has 9 atom stereocenters. The summed E-state index contributed by atoms with van der Waals surface area (Å²) >= 11 is 6.90. The van der Waals surface area contributed by atoms with Crippen LogP contribution < -0.4 is 31.2 Å². The number of fused-ring (bicyclic) bond motifs is 15. The van der Waals surface area contributed by atoms with E-state index >= 15 is 4.39 Å². The van der Waals surface area contributed by atoms with Gasteiger partial charge in [-0.2, -0.15) is 0 Å². The number of methoxy groups -OCH3 is 1. The van der Waals surface area contributed by atoms with Gasteiger partial charge in [-0.05, 0) is 38.8 Å². The van der Waals surface area contributed by atoms with Crippen LogP contribution in [0.1, 0.15) is 106 Å². The molecule has 0 spiro atoms. The molecule has 0 radical (unpaired) electrons. The zero-order valence-electron chi connectivity index (χ0n) is 43.9. The van der Waals surface area contributed by atoms with Gasteiger partial charge < -0.3 is 69.8 Å². The summed E-state index contributed by atoms with van der Waals surface area (Å²) in [5, 5.41) is 70.8. The molecule has 4 aliphatic heterocycles. The molecular formula is C55H63ClFN5O15. The average molecular weight is 1090 g/mol. The number of carboxylic acids is 1. The first-order valence-corrected chi connectivity index (χ1v) is 25.5. The van der Waals surface area contributed by atoms with E-state index in [1.54, 1.807) is 44.5 Å². The van der Waals surface area contributed by atoms with Crippen molar-refractivity contribution in [3.63, 3.8) is 0 Å². The lowest BCUT2D eigenvalue weighted by Gasteiger charge is -2.38. The highest BCUT2D eigenvalue weighted by Crippen LogP contribution is 2.55. The van der Waals surface area contributed by atoms with Crippen LogP contribution in [0.5, 0.6) is 23.0 Å². The van der Waals surface area contributed by atoms with Crippen LogP contribution in [0.25, 0.3) is 21.7 Å². The van der Waals surface area contributed by atoms with Crippen molar-refractivity contribution < 1.29 is 73.2 Å². The van der Waals surface area contributed by atoms with E-state index in [0.29, 0.717) is 18.5 Å². The number of carboxylic acid groups (broad SMARTS) is 1. The number of hydrogen-bond acceptors (Lipinski definition) is 17. The molecule has 9 rings (SSSR count). The number of ketones is 1. The number of allylic oxidation sites excluding steroid dienone is 2. The van der Waals surface area contributed by atoms with Crippen LogP contribution in [0.2, 0.25) is 5.02 Å². The fourth-order valence-corrected chi connectivity index (χ4v) is 10.9. The summed E-state index contributed by atoms with van der Waals surface area (Å²) in [6, 6.07) is 0.854. The minimum Gasteiger partial charge on any atom is -0.507 e. The van der Waals surface area contributed by atoms with Gasteiger partial charge in [-0.15, -0.1) is 0 Å². The molecule has 3 aromatic carbocycles. The molecule has 1 amide bonds. The van der Waals surface area contributed by atoms with Crippen molar-refractivity contribution in [1.29, 1.82) is 0 Å². The highest BCUT2D eigenvalue weighted by atomic mass is 35.5. The number of esters is 1. The number of anilines is 2. The van der Waals surface area contributed by atoms with Gasteiger partial charge in [0.05, 0.1) is 62.8 Å². The molecule has 0 unspecified atom stereocenters. The SMILES string of the molecule is CO[C@H]1C=CO[C@@]2(C)Oc3c(C)c(O)c4c(O)c(c(CNNC5=CN(c6c(F)cc7c(=O)c(C(=O)O)cn(C8CC8)c7c6Cl)CC5)c(O)c4c3C2=O)NC(=O)C(C)=CC=C[C@H](C)[C@H](O)[C@@H](C)[C@@H](O)[C@@H](C)[C@H](OC(C)=O)[C@@H]1C. The number of rotatable bonds is 9. The number of pyridine rings is 1. The van der Waals surface area contributed by atoms with Gasteiger partial charge in [0.2, 0.25) is 5.43 Å². The van der Waals surface area contributed by atoms with Gasteiger partial charge in [0.15, 0.2) is 5.75 Å². The third kappa shape index (κ3) is 10.3. The summed E-state index contributed by atoms with van der Waals surface area (Å²) < 4.78 is 41.4. The summed E-state index contributed by atoms with van der Waals surface area (Å²) in [6.45, 7) is 12.0. The van der Waals surface area contributed by atoms with Gasteiger partial charge in [0.1, 0.15) is 34.7 Å². The number of nitrogens with one attached hydrogen (secondary N) is 3. The summed E-state index contributed by atoms with van der Waals surface area (Å²) in [4.78, 5) is 67.8. The number of hydrogen-bond donors (Lipinski definition) is 9. The number of Topliss-reactive ketones (excluding diaryl/α,β-unsaturated/α-hetero) is 1. The van der Waals surface area contributed by atoms with Crippen molar-refractivity contribution in [2.75, 3.05) is 23.9 Å². The molecule has 1 saturated carbocycles. The predicted octanol–water partition coefficient (Wildman–Crippen LogP) is 7.24. The van der Waals surface area contributed by atoms with Crippen LogP contribution in [0.15, 0.2) is 65.1 Å². The second-order valence-electron chi connectivity index (χ2n) is 20.5. The van der Waals surface area contributed by atoms with E-state index in [2.05, 4.69) is 16.2 Å². The lowest BCUT2D eigenvalue weighted by molar-refractivity contribution is -0.160. The number of ether oxygens (including phenoxy) is 4. The Morgan fingerprint density at radius 2 is 1.69 bits per heavy atom. The number of aliphatic hydroxyl groups excluding tert-OH is 2. The summed E-state index contributed by atoms with van der Waals surface area (Å²) in [7, 11) is 1.41. The zero-order chi connectivity index (χ0) is 56.3. The minimum absolute atomic E-state index is 0.0179. The topological polar surface area (TPSA) is 288 Å². The van der Waals surface area contributed by atoms with Crippen LogP contribution in [-0.4, -0.2) is 103 Å². The monoisotopic (exact) mass is 1090 g/mol. The Balaban J connectivity index is 1.18. The van der Waals surface area contributed by atoms with E-state index in [1.165, 1.54) is 64.1 Å². The Hall–Kier alpha value is -7.17. The molecule has 412 valence electrons. The first-order chi connectivity index (χ1) is 36.3. The standard InChI is InChI=1S/C55H63ClFN5O15/c1-23-11-10-12-24(2)53(71)59-41-33(20-58-60-30-15-17-61(21-30)43-35(57)19-32-42(40(43)56)62(31-13-14-31)22-34(47(32)67)54(72)73)48(68)37-38(49(41)69)46(66)28(6)51-39(37)52(70)55(8,77-51)75-18-16-36(74-9)25(3)50(76-29(7)63)27(5)45(65)26(4)44(23)64/h10-12,16,18-19,21-23,25-27,31,36,44-45,50,58,60,64-66,68-69H,13-15,17,20H2,1-9H3,(H,59,71)(H,72,73)/t23-,25+,26+,27+,36-,44-,45+,50+,55-/m0/s1. The highest BCUT2D eigenvalue weighted by molar-refractivity contribution is 6.38. The predicted molar refractivity (Wildman–Crippen MR) is 282 cm³/mol. The van der Waals surface area contributed by atoms with Crippen molar-refractivity contribution in [2.45, 2.75) is 117 Å². The number of aromatic carboxylic acids is 1. The Morgan fingerprint density at radius 3 is 2.34 bits per heavy atom. The van der Waals surface area contributed by atoms with Crippen molar-refractivity contribution in [3.8, 4) is 23.0 Å². The van der Waals surface area contributed by atoms with Crippen molar-refractivity contribution in [1.82, 2.24) is 15.4 Å². The molecule has 1 fully saturated rings. The maximum Gasteiger partial charge on any atom is 0.341 e. The largest absolute Gasteiger partial charge is 0.507 e. The summed E-state index contributed by atoms with van der Waals surface area (Å²) in [5.74, 6) is -11.5. The molecule has 22 heteroatoms. The van der Waals surface area contributed by atoms with E-state index < -0.39 is 123 Å². The minimum atomic E-state index is -2.14.